The number of ether oxygens (including phenoxy) is 1. The van der Waals surface area contributed by atoms with Crippen LogP contribution in [0.25, 0.3) is 0 Å². The van der Waals surface area contributed by atoms with Gasteiger partial charge in [-0.25, -0.2) is 13.6 Å². The fourth-order valence-electron chi connectivity index (χ4n) is 3.93. The van der Waals surface area contributed by atoms with Gasteiger partial charge in [-0.1, -0.05) is 17.7 Å². The minimum absolute atomic E-state index is 0.274. The normalized spacial score (nSPS) is 22.5. The Kier molecular flexibility index (Phi) is 8.30. The Bertz CT molecular complexity index is 1010. The molecular weight excluding hydrogens is 484 g/mol. The highest BCUT2D eigenvalue weighted by molar-refractivity contribution is 7.90. The molecule has 3 rings (SSSR count). The van der Waals surface area contributed by atoms with Gasteiger partial charge >= 0.3 is 6.03 Å². The fourth-order valence-corrected chi connectivity index (χ4v) is 4.76. The van der Waals surface area contributed by atoms with E-state index in [0.29, 0.717) is 18.4 Å². The molecular formula is C23H29F2N3O6S. The van der Waals surface area contributed by atoms with Crippen molar-refractivity contribution in [1.82, 2.24) is 14.9 Å². The Balaban J connectivity index is 1.95. The van der Waals surface area contributed by atoms with Gasteiger partial charge in [0.05, 0.1) is 0 Å². The third-order valence-corrected chi connectivity index (χ3v) is 7.46. The van der Waals surface area contributed by atoms with E-state index in [-0.39, 0.29) is 18.8 Å². The first-order valence-electron chi connectivity index (χ1n) is 11.2. The molecule has 192 valence electrons. The van der Waals surface area contributed by atoms with E-state index in [2.05, 4.69) is 4.72 Å². The van der Waals surface area contributed by atoms with Crippen LogP contribution < -0.4 is 10.0 Å². The van der Waals surface area contributed by atoms with Crippen molar-refractivity contribution in [2.45, 2.75) is 63.5 Å². The Morgan fingerprint density at radius 1 is 1.26 bits per heavy atom. The van der Waals surface area contributed by atoms with Gasteiger partial charge in [0.15, 0.2) is 17.9 Å². The van der Waals surface area contributed by atoms with Gasteiger partial charge in [0, 0.05) is 36.2 Å². The van der Waals surface area contributed by atoms with Crippen LogP contribution in [0.2, 0.25) is 0 Å². The molecule has 0 aromatic heterocycles. The number of hydrogen-bond acceptors (Lipinski definition) is 7. The summed E-state index contributed by atoms with van der Waals surface area (Å²) in [5.74, 6) is -6.85. The maximum Gasteiger partial charge on any atom is 0.331 e. The highest BCUT2D eigenvalue weighted by Crippen LogP contribution is 2.30. The number of Topliss-reactive ketones (excluding diaryl/α,β-unsaturated/α-hetero) is 1. The zero-order valence-electron chi connectivity index (χ0n) is 19.9. The number of amides is 4. The van der Waals surface area contributed by atoms with Crippen molar-refractivity contribution in [3.05, 3.63) is 35.1 Å². The predicted molar refractivity (Wildman–Crippen MR) is 123 cm³/mol. The average Bonchev–Trinajstić information content (AvgIpc) is 2.78. The number of nitrogens with zero attached hydrogens (tertiary/aromatic N) is 1. The van der Waals surface area contributed by atoms with E-state index in [1.54, 1.807) is 27.7 Å². The van der Waals surface area contributed by atoms with E-state index < -0.39 is 69.7 Å². The molecule has 35 heavy (non-hydrogen) atoms. The molecule has 2 heterocycles. The molecule has 2 N–H and O–H groups in total. The van der Waals surface area contributed by atoms with E-state index in [0.717, 1.165) is 11.0 Å². The minimum Gasteiger partial charge on any atom is -0.598 e. The van der Waals surface area contributed by atoms with Gasteiger partial charge in [-0.05, 0) is 46.6 Å². The van der Waals surface area contributed by atoms with Crippen LogP contribution in [-0.2, 0) is 30.5 Å². The molecule has 4 unspecified atom stereocenters. The minimum atomic E-state index is -2.62. The summed E-state index contributed by atoms with van der Waals surface area (Å²) in [6, 6.07) is 0.473. The molecule has 2 saturated heterocycles. The predicted octanol–water partition coefficient (Wildman–Crippen LogP) is 2.01. The van der Waals surface area contributed by atoms with E-state index in [1.807, 2.05) is 5.32 Å². The molecule has 12 heteroatoms. The van der Waals surface area contributed by atoms with Crippen LogP contribution >= 0.6 is 0 Å². The van der Waals surface area contributed by atoms with Crippen LogP contribution in [0.4, 0.5) is 13.6 Å². The zero-order valence-corrected chi connectivity index (χ0v) is 20.7. The molecule has 2 fully saturated rings. The second kappa shape index (κ2) is 10.7. The van der Waals surface area contributed by atoms with Gasteiger partial charge in [-0.2, -0.15) is 0 Å². The molecule has 0 radical (unpaired) electrons. The lowest BCUT2D eigenvalue weighted by molar-refractivity contribution is -0.151. The van der Waals surface area contributed by atoms with E-state index in [1.165, 1.54) is 12.1 Å². The summed E-state index contributed by atoms with van der Waals surface area (Å²) in [5.41, 5.74) is 0.279. The quantitative estimate of drug-likeness (QED) is 0.422. The first-order chi connectivity index (χ1) is 16.3. The van der Waals surface area contributed by atoms with Crippen molar-refractivity contribution in [2.75, 3.05) is 13.2 Å². The standard InChI is InChI=1S/C23H29F2N3O6S/c1-12-5-6-15(24)14(11-12)18(27-35(33)23(2,3)4)17(25)19(29)16-20(30)26-22(32)28(21(16)31)13-7-9-34-10-8-13/h5-6,11,13,16-18,27H,7-10H2,1-4H3,(H,26,30,32). The first kappa shape index (κ1) is 27.2. The van der Waals surface area contributed by atoms with E-state index in [9.17, 15) is 28.1 Å². The van der Waals surface area contributed by atoms with Crippen molar-refractivity contribution in [3.63, 3.8) is 0 Å². The number of urea groups is 1. The van der Waals surface area contributed by atoms with Crippen LogP contribution in [0.3, 0.4) is 0 Å². The zero-order chi connectivity index (χ0) is 26.1. The number of hydrogen-bond donors (Lipinski definition) is 2. The molecule has 0 spiro atoms. The molecule has 4 amide bonds. The monoisotopic (exact) mass is 513 g/mol. The third kappa shape index (κ3) is 5.88. The van der Waals surface area contributed by atoms with Crippen molar-refractivity contribution in [2.24, 2.45) is 5.92 Å². The molecule has 0 bridgehead atoms. The SMILES string of the molecule is Cc1ccc(F)c(C(N[S+]([O-])C(C)(C)C)C(F)C(=O)C2C(=O)NC(=O)N(C3CCOCC3)C2=O)c1. The molecule has 2 aliphatic rings. The number of ketones is 1. The van der Waals surface area contributed by atoms with Crippen molar-refractivity contribution >= 4 is 35.0 Å². The highest BCUT2D eigenvalue weighted by Gasteiger charge is 2.51. The number of alkyl halides is 1. The number of aryl methyl sites for hydroxylation is 1. The Morgan fingerprint density at radius 3 is 2.49 bits per heavy atom. The van der Waals surface area contributed by atoms with Gasteiger partial charge in [0.25, 0.3) is 5.91 Å². The highest BCUT2D eigenvalue weighted by atomic mass is 32.2. The molecule has 1 aromatic carbocycles. The van der Waals surface area contributed by atoms with Crippen LogP contribution in [0.1, 0.15) is 50.8 Å². The maximum absolute atomic E-state index is 15.8. The van der Waals surface area contributed by atoms with Gasteiger partial charge in [0.2, 0.25) is 5.91 Å². The van der Waals surface area contributed by atoms with Gasteiger partial charge in [-0.3, -0.25) is 24.6 Å². The molecule has 4 atom stereocenters. The summed E-state index contributed by atoms with van der Waals surface area (Å²) in [4.78, 5) is 52.0. The largest absolute Gasteiger partial charge is 0.598 e. The van der Waals surface area contributed by atoms with Crippen molar-refractivity contribution in [3.8, 4) is 0 Å². The van der Waals surface area contributed by atoms with E-state index >= 15 is 4.39 Å². The van der Waals surface area contributed by atoms with Crippen LogP contribution in [0.5, 0.6) is 0 Å². The van der Waals surface area contributed by atoms with Gasteiger partial charge in [-0.15, -0.1) is 4.72 Å². The van der Waals surface area contributed by atoms with Crippen molar-refractivity contribution < 1.29 is 37.2 Å². The lowest BCUT2D eigenvalue weighted by atomic mass is 9.89. The van der Waals surface area contributed by atoms with Crippen molar-refractivity contribution in [1.29, 1.82) is 0 Å². The van der Waals surface area contributed by atoms with Crippen LogP contribution in [0.15, 0.2) is 18.2 Å². The fraction of sp³-hybridized carbons (Fsp3) is 0.565. The van der Waals surface area contributed by atoms with Crippen LogP contribution in [0, 0.1) is 18.7 Å². The number of benzene rings is 1. The number of rotatable bonds is 7. The number of carbonyl (C=O) groups excluding carboxylic acids is 4. The summed E-state index contributed by atoms with van der Waals surface area (Å²) in [6.07, 6.45) is -2.02. The summed E-state index contributed by atoms with van der Waals surface area (Å²) in [7, 11) is 0. The Hall–Kier alpha value is -2.41. The summed E-state index contributed by atoms with van der Waals surface area (Å²) < 4.78 is 50.1. The third-order valence-electron chi connectivity index (χ3n) is 5.88. The number of halogens is 2. The first-order valence-corrected chi connectivity index (χ1v) is 12.4. The summed E-state index contributed by atoms with van der Waals surface area (Å²) in [6.45, 7) is 6.98. The molecule has 1 aromatic rings. The second-order valence-corrected chi connectivity index (χ2v) is 11.6. The number of nitrogens with one attached hydrogen (secondary N) is 2. The van der Waals surface area contributed by atoms with Gasteiger partial charge in [0.1, 0.15) is 16.6 Å². The molecule has 9 nitrogen and oxygen atoms in total. The van der Waals surface area contributed by atoms with E-state index in [4.69, 9.17) is 4.74 Å². The lowest BCUT2D eigenvalue weighted by Gasteiger charge is -2.37. The molecule has 0 aliphatic carbocycles. The number of imide groups is 2. The van der Waals surface area contributed by atoms with Gasteiger partial charge < -0.3 is 9.29 Å². The summed E-state index contributed by atoms with van der Waals surface area (Å²) >= 11 is -1.93. The number of barbiturate groups is 1. The maximum atomic E-state index is 15.8. The topological polar surface area (TPSA) is 128 Å². The number of carbonyl (C=O) groups is 4. The second-order valence-electron chi connectivity index (χ2n) is 9.58. The Labute approximate surface area is 205 Å². The van der Waals surface area contributed by atoms with Crippen LogP contribution in [-0.4, -0.2) is 63.3 Å². The molecule has 2 aliphatic heterocycles. The average molecular weight is 514 g/mol. The lowest BCUT2D eigenvalue weighted by Crippen LogP contribution is -2.64. The Morgan fingerprint density at radius 2 is 1.89 bits per heavy atom. The smallest absolute Gasteiger partial charge is 0.331 e. The summed E-state index contributed by atoms with van der Waals surface area (Å²) in [5, 5.41) is 1.95. The molecule has 0 saturated carbocycles.